The number of primary amides is 1. The van der Waals surface area contributed by atoms with Gasteiger partial charge < -0.3 is 5.73 Å². The Labute approximate surface area is 77.1 Å². The fraction of sp³-hybridized carbons (Fsp3) is 0.182. The van der Waals surface area contributed by atoms with Crippen molar-refractivity contribution in [2.24, 2.45) is 5.73 Å². The molecule has 2 rings (SSSR count). The van der Waals surface area contributed by atoms with Crippen LogP contribution in [0.2, 0.25) is 0 Å². The Kier molecular flexibility index (Phi) is 1.89. The predicted molar refractivity (Wildman–Crippen MR) is 52.3 cm³/mol. The summed E-state index contributed by atoms with van der Waals surface area (Å²) in [6, 6.07) is 5.63. The van der Waals surface area contributed by atoms with Crippen LogP contribution in [0.4, 0.5) is 0 Å². The fourth-order valence-electron chi connectivity index (χ4n) is 1.58. The van der Waals surface area contributed by atoms with E-state index in [1.165, 1.54) is 5.56 Å². The molecule has 1 aliphatic carbocycles. The summed E-state index contributed by atoms with van der Waals surface area (Å²) in [5.74, 6) is -0.359. The van der Waals surface area contributed by atoms with E-state index in [0.29, 0.717) is 5.56 Å². The van der Waals surface area contributed by atoms with E-state index in [0.717, 1.165) is 18.4 Å². The molecule has 0 saturated carbocycles. The van der Waals surface area contributed by atoms with Gasteiger partial charge in [-0.3, -0.25) is 4.79 Å². The Balaban J connectivity index is 2.48. The van der Waals surface area contributed by atoms with Gasteiger partial charge in [0.25, 0.3) is 0 Å². The highest BCUT2D eigenvalue weighted by Gasteiger charge is 2.07. The second-order valence-corrected chi connectivity index (χ2v) is 3.22. The van der Waals surface area contributed by atoms with Gasteiger partial charge >= 0.3 is 0 Å². The zero-order valence-electron chi connectivity index (χ0n) is 7.29. The van der Waals surface area contributed by atoms with Crippen LogP contribution in [0.1, 0.15) is 27.9 Å². The molecule has 0 spiro atoms. The minimum Gasteiger partial charge on any atom is -0.366 e. The molecule has 1 aromatic rings. The van der Waals surface area contributed by atoms with Crippen molar-refractivity contribution in [2.75, 3.05) is 0 Å². The Morgan fingerprint density at radius 1 is 1.38 bits per heavy atom. The van der Waals surface area contributed by atoms with Crippen molar-refractivity contribution in [3.8, 4) is 0 Å². The third kappa shape index (κ3) is 1.47. The van der Waals surface area contributed by atoms with Gasteiger partial charge in [-0.25, -0.2) is 0 Å². The van der Waals surface area contributed by atoms with Crippen LogP contribution in [0.3, 0.4) is 0 Å². The monoisotopic (exact) mass is 173 g/mol. The molecule has 0 heterocycles. The Morgan fingerprint density at radius 2 is 2.23 bits per heavy atom. The third-order valence-electron chi connectivity index (χ3n) is 2.31. The number of allylic oxidation sites excluding steroid dienone is 1. The summed E-state index contributed by atoms with van der Waals surface area (Å²) in [7, 11) is 0. The van der Waals surface area contributed by atoms with Crippen LogP contribution in [0.25, 0.3) is 6.08 Å². The van der Waals surface area contributed by atoms with Crippen LogP contribution in [-0.4, -0.2) is 5.91 Å². The average Bonchev–Trinajstić information content (AvgIpc) is 2.17. The van der Waals surface area contributed by atoms with E-state index in [9.17, 15) is 4.79 Å². The largest absolute Gasteiger partial charge is 0.366 e. The van der Waals surface area contributed by atoms with Gasteiger partial charge in [0.05, 0.1) is 0 Å². The topological polar surface area (TPSA) is 43.1 Å². The molecule has 0 aliphatic heterocycles. The van der Waals surface area contributed by atoms with Gasteiger partial charge in [0.2, 0.25) is 5.91 Å². The van der Waals surface area contributed by atoms with Crippen molar-refractivity contribution in [3.63, 3.8) is 0 Å². The zero-order valence-corrected chi connectivity index (χ0v) is 7.29. The number of carbonyl (C=O) groups excluding carboxylic acids is 1. The molecule has 0 aromatic heterocycles. The molecule has 0 unspecified atom stereocenters. The lowest BCUT2D eigenvalue weighted by Gasteiger charge is -2.10. The molecule has 0 fully saturated rings. The number of aryl methyl sites for hydroxylation is 1. The van der Waals surface area contributed by atoms with Crippen molar-refractivity contribution < 1.29 is 4.79 Å². The zero-order chi connectivity index (χ0) is 9.26. The molecule has 66 valence electrons. The summed E-state index contributed by atoms with van der Waals surface area (Å²) in [6.07, 6.45) is 6.31. The Morgan fingerprint density at radius 3 is 3.00 bits per heavy atom. The second-order valence-electron chi connectivity index (χ2n) is 3.22. The lowest BCUT2D eigenvalue weighted by molar-refractivity contribution is 0.100. The average molecular weight is 173 g/mol. The highest BCUT2D eigenvalue weighted by atomic mass is 16.1. The van der Waals surface area contributed by atoms with Gasteiger partial charge in [0, 0.05) is 5.56 Å². The second kappa shape index (κ2) is 3.05. The molecule has 2 N–H and O–H groups in total. The maximum absolute atomic E-state index is 10.9. The van der Waals surface area contributed by atoms with E-state index in [-0.39, 0.29) is 5.91 Å². The van der Waals surface area contributed by atoms with E-state index >= 15 is 0 Å². The lowest BCUT2D eigenvalue weighted by Crippen LogP contribution is -2.11. The van der Waals surface area contributed by atoms with Crippen molar-refractivity contribution in [1.29, 1.82) is 0 Å². The van der Waals surface area contributed by atoms with Crippen molar-refractivity contribution in [3.05, 3.63) is 41.0 Å². The third-order valence-corrected chi connectivity index (χ3v) is 2.31. The standard InChI is InChI=1S/C11H11NO/c12-11(13)10-6-5-8-3-1-2-4-9(8)7-10/h2,4-7H,1,3H2,(H2,12,13). The molecule has 1 aromatic carbocycles. The molecular formula is C11H11NO. The van der Waals surface area contributed by atoms with Crippen LogP contribution in [0.5, 0.6) is 0 Å². The van der Waals surface area contributed by atoms with Crippen LogP contribution in [0, 0.1) is 0 Å². The van der Waals surface area contributed by atoms with E-state index in [2.05, 4.69) is 6.08 Å². The highest BCUT2D eigenvalue weighted by Crippen LogP contribution is 2.19. The number of amides is 1. The molecule has 0 radical (unpaired) electrons. The molecule has 1 aliphatic rings. The summed E-state index contributed by atoms with van der Waals surface area (Å²) in [6.45, 7) is 0. The first-order valence-electron chi connectivity index (χ1n) is 4.36. The minimum absolute atomic E-state index is 0.359. The summed E-state index contributed by atoms with van der Waals surface area (Å²) in [4.78, 5) is 10.9. The van der Waals surface area contributed by atoms with Crippen LogP contribution < -0.4 is 5.73 Å². The van der Waals surface area contributed by atoms with Crippen LogP contribution >= 0.6 is 0 Å². The fourth-order valence-corrected chi connectivity index (χ4v) is 1.58. The Bertz CT molecular complexity index is 380. The minimum atomic E-state index is -0.359. The van der Waals surface area contributed by atoms with Gasteiger partial charge in [0.15, 0.2) is 0 Å². The molecule has 1 amide bonds. The molecule has 0 saturated heterocycles. The van der Waals surface area contributed by atoms with Gasteiger partial charge in [-0.05, 0) is 36.1 Å². The van der Waals surface area contributed by atoms with E-state index in [1.54, 1.807) is 6.07 Å². The van der Waals surface area contributed by atoms with Crippen molar-refractivity contribution >= 4 is 12.0 Å². The summed E-state index contributed by atoms with van der Waals surface area (Å²) >= 11 is 0. The number of rotatable bonds is 1. The van der Waals surface area contributed by atoms with Crippen molar-refractivity contribution in [2.45, 2.75) is 12.8 Å². The number of nitrogens with two attached hydrogens (primary N) is 1. The first kappa shape index (κ1) is 8.05. The van der Waals surface area contributed by atoms with Gasteiger partial charge in [-0.2, -0.15) is 0 Å². The van der Waals surface area contributed by atoms with E-state index in [1.807, 2.05) is 18.2 Å². The number of benzene rings is 1. The predicted octanol–water partition coefficient (Wildman–Crippen LogP) is 1.74. The summed E-state index contributed by atoms with van der Waals surface area (Å²) in [5.41, 5.74) is 8.20. The van der Waals surface area contributed by atoms with E-state index < -0.39 is 0 Å². The van der Waals surface area contributed by atoms with Crippen LogP contribution in [-0.2, 0) is 6.42 Å². The van der Waals surface area contributed by atoms with Crippen LogP contribution in [0.15, 0.2) is 24.3 Å². The molecular weight excluding hydrogens is 162 g/mol. The quantitative estimate of drug-likeness (QED) is 0.690. The highest BCUT2D eigenvalue weighted by molar-refractivity contribution is 5.93. The van der Waals surface area contributed by atoms with Gasteiger partial charge in [-0.1, -0.05) is 18.2 Å². The number of carbonyl (C=O) groups is 1. The normalized spacial score (nSPS) is 13.8. The molecule has 0 atom stereocenters. The molecule has 2 nitrogen and oxygen atoms in total. The summed E-state index contributed by atoms with van der Waals surface area (Å²) in [5, 5.41) is 0. The molecule has 13 heavy (non-hydrogen) atoms. The molecule has 2 heteroatoms. The van der Waals surface area contributed by atoms with E-state index in [4.69, 9.17) is 5.73 Å². The Hall–Kier alpha value is -1.57. The first-order valence-corrected chi connectivity index (χ1v) is 4.36. The van der Waals surface area contributed by atoms with Gasteiger partial charge in [0.1, 0.15) is 0 Å². The maximum Gasteiger partial charge on any atom is 0.248 e. The number of hydrogen-bond donors (Lipinski definition) is 1. The SMILES string of the molecule is NC(=O)c1ccc2c(c1)C=CCC2. The number of fused-ring (bicyclic) bond motifs is 1. The van der Waals surface area contributed by atoms with Gasteiger partial charge in [-0.15, -0.1) is 0 Å². The smallest absolute Gasteiger partial charge is 0.248 e. The molecule has 0 bridgehead atoms. The first-order chi connectivity index (χ1) is 6.27. The lowest BCUT2D eigenvalue weighted by atomic mass is 9.95. The summed E-state index contributed by atoms with van der Waals surface area (Å²) < 4.78 is 0. The number of hydrogen-bond acceptors (Lipinski definition) is 1. The maximum atomic E-state index is 10.9. The van der Waals surface area contributed by atoms with Crippen molar-refractivity contribution in [1.82, 2.24) is 0 Å².